The van der Waals surface area contributed by atoms with E-state index in [4.69, 9.17) is 15.7 Å². The quantitative estimate of drug-likeness (QED) is 0.763. The summed E-state index contributed by atoms with van der Waals surface area (Å²) in [7, 11) is 0. The minimum atomic E-state index is -1.08. The van der Waals surface area contributed by atoms with Crippen molar-refractivity contribution in [2.45, 2.75) is 19.1 Å². The first-order valence-corrected chi connectivity index (χ1v) is 6.53. The highest BCUT2D eigenvalue weighted by Gasteiger charge is 2.17. The van der Waals surface area contributed by atoms with Crippen molar-refractivity contribution < 1.29 is 19.5 Å². The molecule has 0 radical (unpaired) electrons. The fourth-order valence-corrected chi connectivity index (χ4v) is 1.87. The van der Waals surface area contributed by atoms with Gasteiger partial charge in [0.05, 0.1) is 0 Å². The Hall–Kier alpha value is -2.37. The van der Waals surface area contributed by atoms with Crippen molar-refractivity contribution in [1.82, 2.24) is 0 Å². The summed E-state index contributed by atoms with van der Waals surface area (Å²) in [6, 6.07) is 17.1. The van der Waals surface area contributed by atoms with E-state index >= 15 is 0 Å². The molecule has 0 saturated heterocycles. The zero-order chi connectivity index (χ0) is 15.1. The van der Waals surface area contributed by atoms with E-state index < -0.39 is 12.1 Å². The molecule has 0 aliphatic rings. The summed E-state index contributed by atoms with van der Waals surface area (Å²) >= 11 is 0. The van der Waals surface area contributed by atoms with Crippen molar-refractivity contribution in [3.05, 3.63) is 65.7 Å². The zero-order valence-electron chi connectivity index (χ0n) is 11.4. The van der Waals surface area contributed by atoms with Crippen LogP contribution in [-0.2, 0) is 22.7 Å². The highest BCUT2D eigenvalue weighted by Crippen LogP contribution is 2.15. The summed E-state index contributed by atoms with van der Waals surface area (Å²) in [6.07, 6.45) is -0.828. The molecule has 1 atom stereocenters. The van der Waals surface area contributed by atoms with Crippen LogP contribution >= 0.6 is 0 Å². The van der Waals surface area contributed by atoms with Gasteiger partial charge in [-0.05, 0) is 23.3 Å². The number of carboxylic acids is 1. The van der Waals surface area contributed by atoms with E-state index in [1.807, 2.05) is 30.3 Å². The molecule has 1 unspecified atom stereocenters. The molecule has 0 bridgehead atoms. The molecule has 5 nitrogen and oxygen atoms in total. The average Bonchev–Trinajstić information content (AvgIpc) is 2.52. The number of aliphatic carboxylic acids is 1. The van der Waals surface area contributed by atoms with Gasteiger partial charge in [-0.2, -0.15) is 0 Å². The van der Waals surface area contributed by atoms with Crippen molar-refractivity contribution in [1.29, 1.82) is 0 Å². The van der Waals surface area contributed by atoms with Gasteiger partial charge in [0.1, 0.15) is 12.4 Å². The number of carboxylic acid groups (broad SMARTS) is 1. The number of hydrogen-bond acceptors (Lipinski definition) is 4. The van der Waals surface area contributed by atoms with E-state index in [0.717, 1.165) is 16.9 Å². The second kappa shape index (κ2) is 7.42. The third-order valence-electron chi connectivity index (χ3n) is 3.03. The molecule has 2 aromatic rings. The maximum absolute atomic E-state index is 10.8. The molecule has 21 heavy (non-hydrogen) atoms. The van der Waals surface area contributed by atoms with Crippen LogP contribution in [0.3, 0.4) is 0 Å². The molecule has 0 aliphatic heterocycles. The van der Waals surface area contributed by atoms with Crippen molar-refractivity contribution in [2.24, 2.45) is 5.90 Å². The number of carbonyl (C=O) groups is 1. The lowest BCUT2D eigenvalue weighted by atomic mass is 10.1. The van der Waals surface area contributed by atoms with Gasteiger partial charge in [0.2, 0.25) is 0 Å². The van der Waals surface area contributed by atoms with E-state index in [0.29, 0.717) is 6.61 Å². The van der Waals surface area contributed by atoms with Crippen LogP contribution in [0.2, 0.25) is 0 Å². The fraction of sp³-hybridized carbons (Fsp3) is 0.188. The molecule has 0 heterocycles. The average molecular weight is 287 g/mol. The van der Waals surface area contributed by atoms with E-state index in [1.54, 1.807) is 24.3 Å². The molecule has 2 aromatic carbocycles. The molecular formula is C16H17NO4. The number of nitrogens with two attached hydrogens (primary N) is 1. The second-order valence-electron chi connectivity index (χ2n) is 4.59. The largest absolute Gasteiger partial charge is 0.489 e. The lowest BCUT2D eigenvalue weighted by molar-refractivity contribution is -0.150. The molecule has 0 aromatic heterocycles. The Balaban J connectivity index is 1.91. The van der Waals surface area contributed by atoms with Crippen LogP contribution in [0.25, 0.3) is 0 Å². The van der Waals surface area contributed by atoms with Crippen LogP contribution in [0, 0.1) is 0 Å². The van der Waals surface area contributed by atoms with Gasteiger partial charge in [-0.25, -0.2) is 10.7 Å². The molecule has 0 spiro atoms. The third-order valence-corrected chi connectivity index (χ3v) is 3.03. The molecule has 0 amide bonds. The van der Waals surface area contributed by atoms with E-state index in [9.17, 15) is 4.79 Å². The van der Waals surface area contributed by atoms with Crippen molar-refractivity contribution in [2.75, 3.05) is 0 Å². The molecule has 5 heteroatoms. The number of ether oxygens (including phenoxy) is 1. The summed E-state index contributed by atoms with van der Waals surface area (Å²) in [5, 5.41) is 8.87. The van der Waals surface area contributed by atoms with E-state index in [1.165, 1.54) is 0 Å². The van der Waals surface area contributed by atoms with Crippen LogP contribution in [0.5, 0.6) is 5.75 Å². The van der Waals surface area contributed by atoms with Crippen LogP contribution in [0.4, 0.5) is 0 Å². The Morgan fingerprint density at radius 3 is 2.29 bits per heavy atom. The summed E-state index contributed by atoms with van der Waals surface area (Å²) in [6.45, 7) is 0.490. The zero-order valence-corrected chi connectivity index (χ0v) is 11.4. The monoisotopic (exact) mass is 287 g/mol. The summed E-state index contributed by atoms with van der Waals surface area (Å²) in [5.41, 5.74) is 1.91. The van der Waals surface area contributed by atoms with Crippen LogP contribution in [0.15, 0.2) is 54.6 Å². The molecule has 110 valence electrons. The minimum Gasteiger partial charge on any atom is -0.489 e. The summed E-state index contributed by atoms with van der Waals surface area (Å²) in [5.74, 6) is 4.60. The smallest absolute Gasteiger partial charge is 0.335 e. The number of benzene rings is 2. The molecule has 3 N–H and O–H groups in total. The lowest BCUT2D eigenvalue weighted by Gasteiger charge is -2.10. The Kier molecular flexibility index (Phi) is 5.31. The van der Waals surface area contributed by atoms with E-state index in [2.05, 4.69) is 4.84 Å². The molecule has 0 saturated carbocycles. The lowest BCUT2D eigenvalue weighted by Crippen LogP contribution is -2.29. The molecule has 0 fully saturated rings. The van der Waals surface area contributed by atoms with Gasteiger partial charge in [-0.1, -0.05) is 42.5 Å². The fourth-order valence-electron chi connectivity index (χ4n) is 1.87. The maximum atomic E-state index is 10.8. The van der Waals surface area contributed by atoms with Gasteiger partial charge in [-0.3, -0.25) is 4.84 Å². The first kappa shape index (κ1) is 15.0. The van der Waals surface area contributed by atoms with Crippen LogP contribution in [0.1, 0.15) is 11.1 Å². The number of rotatable bonds is 7. The van der Waals surface area contributed by atoms with Gasteiger partial charge >= 0.3 is 5.97 Å². The second-order valence-corrected chi connectivity index (χ2v) is 4.59. The predicted molar refractivity (Wildman–Crippen MR) is 77.6 cm³/mol. The van der Waals surface area contributed by atoms with Gasteiger partial charge in [-0.15, -0.1) is 0 Å². The minimum absolute atomic E-state index is 0.213. The Morgan fingerprint density at radius 2 is 1.71 bits per heavy atom. The van der Waals surface area contributed by atoms with Crippen LogP contribution < -0.4 is 10.6 Å². The normalized spacial score (nSPS) is 11.9. The third kappa shape index (κ3) is 4.59. The Morgan fingerprint density at radius 1 is 1.05 bits per heavy atom. The Bertz CT molecular complexity index is 569. The number of hydrogen-bond donors (Lipinski definition) is 2. The summed E-state index contributed by atoms with van der Waals surface area (Å²) in [4.78, 5) is 15.3. The van der Waals surface area contributed by atoms with Crippen molar-refractivity contribution in [3.63, 3.8) is 0 Å². The van der Waals surface area contributed by atoms with E-state index in [-0.39, 0.29) is 6.42 Å². The predicted octanol–water partition coefficient (Wildman–Crippen LogP) is 2.15. The first-order valence-electron chi connectivity index (χ1n) is 6.53. The first-order chi connectivity index (χ1) is 10.2. The maximum Gasteiger partial charge on any atom is 0.335 e. The molecular weight excluding hydrogens is 270 g/mol. The van der Waals surface area contributed by atoms with Gasteiger partial charge in [0.25, 0.3) is 0 Å². The van der Waals surface area contributed by atoms with Gasteiger partial charge in [0, 0.05) is 6.42 Å². The van der Waals surface area contributed by atoms with Gasteiger partial charge < -0.3 is 9.84 Å². The highest BCUT2D eigenvalue weighted by molar-refractivity contribution is 5.72. The molecule has 0 aliphatic carbocycles. The van der Waals surface area contributed by atoms with Crippen LogP contribution in [-0.4, -0.2) is 17.2 Å². The van der Waals surface area contributed by atoms with Gasteiger partial charge in [0.15, 0.2) is 6.10 Å². The summed E-state index contributed by atoms with van der Waals surface area (Å²) < 4.78 is 5.65. The standard InChI is InChI=1S/C16H17NO4/c17-21-15(16(18)19)10-12-6-8-14(9-7-12)20-11-13-4-2-1-3-5-13/h1-9,15H,10-11,17H2,(H,18,19). The topological polar surface area (TPSA) is 81.8 Å². The van der Waals surface area contributed by atoms with Crippen molar-refractivity contribution in [3.8, 4) is 5.75 Å². The van der Waals surface area contributed by atoms with Crippen molar-refractivity contribution >= 4 is 5.97 Å². The SMILES string of the molecule is NOC(Cc1ccc(OCc2ccccc2)cc1)C(=O)O. The molecule has 2 rings (SSSR count). The highest BCUT2D eigenvalue weighted by atomic mass is 16.6. The Labute approximate surface area is 122 Å².